The van der Waals surface area contributed by atoms with Crippen LogP contribution >= 0.6 is 0 Å². The summed E-state index contributed by atoms with van der Waals surface area (Å²) in [7, 11) is 0. The Kier molecular flexibility index (Phi) is 4.74. The minimum Gasteiger partial charge on any atom is -0.345 e. The molecule has 5 rings (SSSR count). The lowest BCUT2D eigenvalue weighted by Gasteiger charge is -2.21. The number of carbonyl (C=O) groups is 3. The quantitative estimate of drug-likeness (QED) is 0.599. The molecular formula is C25H24N2O3. The molecule has 5 heteroatoms. The Morgan fingerprint density at radius 1 is 0.867 bits per heavy atom. The largest absolute Gasteiger partial charge is 0.345 e. The summed E-state index contributed by atoms with van der Waals surface area (Å²) in [4.78, 5) is 39.7. The molecule has 0 unspecified atom stereocenters. The highest BCUT2D eigenvalue weighted by Gasteiger charge is 2.59. The highest BCUT2D eigenvalue weighted by atomic mass is 16.2. The van der Waals surface area contributed by atoms with Gasteiger partial charge in [-0.3, -0.25) is 19.3 Å². The zero-order chi connectivity index (χ0) is 20.7. The Labute approximate surface area is 175 Å². The second kappa shape index (κ2) is 7.56. The van der Waals surface area contributed by atoms with Gasteiger partial charge in [0, 0.05) is 13.0 Å². The number of nitrogens with one attached hydrogen (secondary N) is 1. The van der Waals surface area contributed by atoms with E-state index in [1.807, 2.05) is 60.7 Å². The number of carbonyl (C=O) groups excluding carboxylic acids is 3. The predicted octanol–water partition coefficient (Wildman–Crippen LogP) is 3.09. The molecule has 1 saturated carbocycles. The minimum atomic E-state index is -0.274. The van der Waals surface area contributed by atoms with Gasteiger partial charge in [0.15, 0.2) is 0 Å². The summed E-state index contributed by atoms with van der Waals surface area (Å²) < 4.78 is 0. The van der Waals surface area contributed by atoms with Crippen molar-refractivity contribution in [3.05, 3.63) is 83.9 Å². The van der Waals surface area contributed by atoms with Crippen LogP contribution in [0.1, 0.15) is 30.0 Å². The molecule has 1 aliphatic heterocycles. The number of rotatable bonds is 6. The predicted molar refractivity (Wildman–Crippen MR) is 112 cm³/mol. The first-order chi connectivity index (χ1) is 14.6. The number of nitrogens with zero attached hydrogens (tertiary/aromatic N) is 1. The molecule has 2 aromatic carbocycles. The zero-order valence-corrected chi connectivity index (χ0v) is 16.6. The van der Waals surface area contributed by atoms with E-state index < -0.39 is 0 Å². The molecule has 0 spiro atoms. The molecule has 1 N–H and O–H groups in total. The van der Waals surface area contributed by atoms with Crippen LogP contribution in [0.25, 0.3) is 0 Å². The summed E-state index contributed by atoms with van der Waals surface area (Å²) >= 11 is 0. The Morgan fingerprint density at radius 3 is 1.87 bits per heavy atom. The smallest absolute Gasteiger partial charge is 0.233 e. The molecule has 2 aromatic rings. The van der Waals surface area contributed by atoms with Crippen molar-refractivity contribution in [2.24, 2.45) is 23.7 Å². The SMILES string of the molecule is O=C(CCN1C(=O)[C@@H]2[C@@H](C1=O)[C@H]1C=C[C@H]2C1)NC(c1ccccc1)c1ccccc1. The van der Waals surface area contributed by atoms with Crippen molar-refractivity contribution in [3.63, 3.8) is 0 Å². The lowest BCUT2D eigenvalue weighted by molar-refractivity contribution is -0.141. The highest BCUT2D eigenvalue weighted by molar-refractivity contribution is 6.06. The van der Waals surface area contributed by atoms with Gasteiger partial charge < -0.3 is 5.32 Å². The molecule has 2 bridgehead atoms. The van der Waals surface area contributed by atoms with Crippen molar-refractivity contribution in [2.45, 2.75) is 18.9 Å². The summed E-state index contributed by atoms with van der Waals surface area (Å²) in [6.07, 6.45) is 5.18. The summed E-state index contributed by atoms with van der Waals surface area (Å²) in [5, 5.41) is 3.08. The van der Waals surface area contributed by atoms with Crippen LogP contribution in [-0.2, 0) is 14.4 Å². The number of benzene rings is 2. The first-order valence-corrected chi connectivity index (χ1v) is 10.6. The lowest BCUT2D eigenvalue weighted by atomic mass is 9.85. The number of allylic oxidation sites excluding steroid dienone is 2. The van der Waals surface area contributed by atoms with Crippen molar-refractivity contribution >= 4 is 17.7 Å². The molecule has 3 aliphatic rings. The second-order valence-corrected chi connectivity index (χ2v) is 8.40. The van der Waals surface area contributed by atoms with Gasteiger partial charge in [0.25, 0.3) is 0 Å². The molecule has 4 atom stereocenters. The van der Waals surface area contributed by atoms with Crippen LogP contribution < -0.4 is 5.32 Å². The van der Waals surface area contributed by atoms with E-state index in [1.54, 1.807) is 0 Å². The molecule has 3 amide bonds. The molecule has 0 radical (unpaired) electrons. The van der Waals surface area contributed by atoms with E-state index in [1.165, 1.54) is 4.90 Å². The van der Waals surface area contributed by atoms with Crippen molar-refractivity contribution in [3.8, 4) is 0 Å². The summed E-state index contributed by atoms with van der Waals surface area (Å²) in [5.41, 5.74) is 1.98. The topological polar surface area (TPSA) is 66.5 Å². The van der Waals surface area contributed by atoms with Crippen molar-refractivity contribution < 1.29 is 14.4 Å². The normalized spacial score (nSPS) is 26.5. The summed E-state index contributed by atoms with van der Waals surface area (Å²) in [6, 6.07) is 19.3. The number of hydrogen-bond donors (Lipinski definition) is 1. The third-order valence-corrected chi connectivity index (χ3v) is 6.70. The maximum absolute atomic E-state index is 12.8. The Balaban J connectivity index is 1.26. The fourth-order valence-corrected chi connectivity index (χ4v) is 5.28. The Bertz CT molecular complexity index is 932. The summed E-state index contributed by atoms with van der Waals surface area (Å²) in [6.45, 7) is 0.145. The van der Waals surface area contributed by atoms with E-state index in [9.17, 15) is 14.4 Å². The molecule has 0 aromatic heterocycles. The maximum atomic E-state index is 12.8. The van der Waals surface area contributed by atoms with Crippen LogP contribution in [0.15, 0.2) is 72.8 Å². The van der Waals surface area contributed by atoms with Gasteiger partial charge in [-0.05, 0) is 29.4 Å². The number of fused-ring (bicyclic) bond motifs is 5. The molecular weight excluding hydrogens is 376 g/mol. The van der Waals surface area contributed by atoms with Crippen LogP contribution in [0.3, 0.4) is 0 Å². The van der Waals surface area contributed by atoms with Crippen molar-refractivity contribution in [2.75, 3.05) is 6.54 Å². The third kappa shape index (κ3) is 3.15. The number of amides is 3. The standard InChI is InChI=1S/C25H24N2O3/c28-20(26-23(16-7-3-1-4-8-16)17-9-5-2-6-10-17)13-14-27-24(29)21-18-11-12-19(15-18)22(21)25(27)30/h1-12,18-19,21-23H,13-15H2,(H,26,28)/t18-,19-,21-,22-/m0/s1. The lowest BCUT2D eigenvalue weighted by Crippen LogP contribution is -2.37. The van der Waals surface area contributed by atoms with E-state index in [0.29, 0.717) is 0 Å². The molecule has 1 heterocycles. The molecule has 2 fully saturated rings. The summed E-state index contributed by atoms with van der Waals surface area (Å²) in [5.74, 6) is -0.415. The fraction of sp³-hybridized carbons (Fsp3) is 0.320. The van der Waals surface area contributed by atoms with Gasteiger partial charge in [0.1, 0.15) is 0 Å². The minimum absolute atomic E-state index is 0.0997. The molecule has 1 saturated heterocycles. The van der Waals surface area contributed by atoms with E-state index >= 15 is 0 Å². The fourth-order valence-electron chi connectivity index (χ4n) is 5.28. The van der Waals surface area contributed by atoms with E-state index in [4.69, 9.17) is 0 Å². The van der Waals surface area contributed by atoms with Crippen LogP contribution in [0.5, 0.6) is 0 Å². The van der Waals surface area contributed by atoms with E-state index in [-0.39, 0.29) is 60.4 Å². The van der Waals surface area contributed by atoms with Gasteiger partial charge in [-0.25, -0.2) is 0 Å². The van der Waals surface area contributed by atoms with Crippen LogP contribution in [0.2, 0.25) is 0 Å². The number of imide groups is 1. The van der Waals surface area contributed by atoms with Gasteiger partial charge in [-0.15, -0.1) is 0 Å². The second-order valence-electron chi connectivity index (χ2n) is 8.40. The Morgan fingerprint density at radius 2 is 1.37 bits per heavy atom. The van der Waals surface area contributed by atoms with Crippen LogP contribution in [0, 0.1) is 23.7 Å². The maximum Gasteiger partial charge on any atom is 0.233 e. The average molecular weight is 400 g/mol. The van der Waals surface area contributed by atoms with Gasteiger partial charge in [0.2, 0.25) is 17.7 Å². The average Bonchev–Trinajstić information content (AvgIpc) is 3.46. The zero-order valence-electron chi connectivity index (χ0n) is 16.6. The molecule has 2 aliphatic carbocycles. The monoisotopic (exact) mass is 400 g/mol. The molecule has 152 valence electrons. The molecule has 30 heavy (non-hydrogen) atoms. The highest BCUT2D eigenvalue weighted by Crippen LogP contribution is 2.52. The number of hydrogen-bond acceptors (Lipinski definition) is 3. The van der Waals surface area contributed by atoms with Crippen molar-refractivity contribution in [1.82, 2.24) is 10.2 Å². The van der Waals surface area contributed by atoms with E-state index in [0.717, 1.165) is 17.5 Å². The van der Waals surface area contributed by atoms with Crippen molar-refractivity contribution in [1.29, 1.82) is 0 Å². The van der Waals surface area contributed by atoms with Gasteiger partial charge in [-0.1, -0.05) is 72.8 Å². The Hall–Kier alpha value is -3.21. The van der Waals surface area contributed by atoms with Gasteiger partial charge in [-0.2, -0.15) is 0 Å². The third-order valence-electron chi connectivity index (χ3n) is 6.70. The van der Waals surface area contributed by atoms with Gasteiger partial charge >= 0.3 is 0 Å². The van der Waals surface area contributed by atoms with Gasteiger partial charge in [0.05, 0.1) is 17.9 Å². The molecule has 5 nitrogen and oxygen atoms in total. The van der Waals surface area contributed by atoms with E-state index in [2.05, 4.69) is 17.5 Å². The first kappa shape index (κ1) is 18.8. The van der Waals surface area contributed by atoms with Crippen LogP contribution in [0.4, 0.5) is 0 Å². The number of likely N-dealkylation sites (tertiary alicyclic amines) is 1. The first-order valence-electron chi connectivity index (χ1n) is 10.6. The van der Waals surface area contributed by atoms with Crippen LogP contribution in [-0.4, -0.2) is 29.2 Å².